The first-order chi connectivity index (χ1) is 10.1. The Hall–Kier alpha value is -1.35. The average molecular weight is 303 g/mol. The summed E-state index contributed by atoms with van der Waals surface area (Å²) in [6, 6.07) is 16.8. The molecule has 0 aliphatic heterocycles. The number of nitrogens with zero attached hydrogens (tertiary/aromatic N) is 1. The number of rotatable bonds is 6. The van der Waals surface area contributed by atoms with Crippen molar-refractivity contribution in [1.29, 1.82) is 0 Å². The summed E-state index contributed by atoms with van der Waals surface area (Å²) in [6.07, 6.45) is 0.921. The highest BCUT2D eigenvalue weighted by Crippen LogP contribution is 2.27. The van der Waals surface area contributed by atoms with Crippen molar-refractivity contribution in [3.63, 3.8) is 0 Å². The van der Waals surface area contributed by atoms with Gasteiger partial charge in [0.1, 0.15) is 0 Å². The van der Waals surface area contributed by atoms with Crippen LogP contribution in [0.5, 0.6) is 0 Å². The highest BCUT2D eigenvalue weighted by atomic mass is 35.5. The predicted octanol–water partition coefficient (Wildman–Crippen LogP) is 4.03. The summed E-state index contributed by atoms with van der Waals surface area (Å²) in [7, 11) is 2.13. The summed E-state index contributed by atoms with van der Waals surface area (Å²) in [5.41, 5.74) is 9.53. The van der Waals surface area contributed by atoms with Crippen LogP contribution in [0.2, 0.25) is 5.02 Å². The topological polar surface area (TPSA) is 29.3 Å². The summed E-state index contributed by atoms with van der Waals surface area (Å²) < 4.78 is 0. The Morgan fingerprint density at radius 1 is 1.05 bits per heavy atom. The predicted molar refractivity (Wildman–Crippen MR) is 90.5 cm³/mol. The summed E-state index contributed by atoms with van der Waals surface area (Å²) in [5, 5.41) is 0.826. The molecule has 1 atom stereocenters. The molecule has 0 aliphatic rings. The van der Waals surface area contributed by atoms with Crippen LogP contribution >= 0.6 is 11.6 Å². The Morgan fingerprint density at radius 2 is 1.67 bits per heavy atom. The molecule has 0 heterocycles. The van der Waals surface area contributed by atoms with Crippen molar-refractivity contribution in [1.82, 2.24) is 4.90 Å². The molecule has 112 valence electrons. The van der Waals surface area contributed by atoms with E-state index in [9.17, 15) is 0 Å². The first kappa shape index (κ1) is 16.0. The van der Waals surface area contributed by atoms with E-state index < -0.39 is 0 Å². The maximum Gasteiger partial charge on any atom is 0.0453 e. The van der Waals surface area contributed by atoms with Crippen molar-refractivity contribution in [3.05, 3.63) is 70.2 Å². The minimum absolute atomic E-state index is 0.268. The van der Waals surface area contributed by atoms with Crippen LogP contribution in [0.25, 0.3) is 0 Å². The van der Waals surface area contributed by atoms with Gasteiger partial charge in [-0.1, -0.05) is 54.1 Å². The third-order valence-corrected chi connectivity index (χ3v) is 4.31. The standard InChI is InChI=1S/C18H23ClN2/c1-14(17-9-5-6-10-18(17)19)21(2)13-16-8-4-3-7-15(16)11-12-20/h3-10,14H,11-13,20H2,1-2H3. The van der Waals surface area contributed by atoms with Crippen LogP contribution in [0.1, 0.15) is 29.7 Å². The van der Waals surface area contributed by atoms with Crippen molar-refractivity contribution < 1.29 is 0 Å². The Morgan fingerprint density at radius 3 is 2.33 bits per heavy atom. The number of nitrogens with two attached hydrogens (primary N) is 1. The molecule has 3 heteroatoms. The van der Waals surface area contributed by atoms with Gasteiger partial charge in [-0.3, -0.25) is 4.90 Å². The normalized spacial score (nSPS) is 12.6. The van der Waals surface area contributed by atoms with E-state index in [0.717, 1.165) is 23.6 Å². The van der Waals surface area contributed by atoms with Gasteiger partial charge in [-0.15, -0.1) is 0 Å². The van der Waals surface area contributed by atoms with Gasteiger partial charge in [0.2, 0.25) is 0 Å². The van der Waals surface area contributed by atoms with Crippen LogP contribution < -0.4 is 5.73 Å². The third-order valence-electron chi connectivity index (χ3n) is 3.97. The molecular weight excluding hydrogens is 280 g/mol. The Labute approximate surface area is 132 Å². The summed E-state index contributed by atoms with van der Waals surface area (Å²) >= 11 is 6.30. The van der Waals surface area contributed by atoms with E-state index in [-0.39, 0.29) is 6.04 Å². The van der Waals surface area contributed by atoms with Gasteiger partial charge < -0.3 is 5.73 Å². The van der Waals surface area contributed by atoms with Crippen molar-refractivity contribution in [2.75, 3.05) is 13.6 Å². The average Bonchev–Trinajstić information content (AvgIpc) is 2.49. The molecule has 0 fully saturated rings. The minimum Gasteiger partial charge on any atom is -0.330 e. The molecule has 1 unspecified atom stereocenters. The molecule has 21 heavy (non-hydrogen) atoms. The maximum absolute atomic E-state index is 6.30. The Kier molecular flexibility index (Phi) is 5.80. The lowest BCUT2D eigenvalue weighted by Gasteiger charge is -2.26. The quantitative estimate of drug-likeness (QED) is 0.873. The lowest BCUT2D eigenvalue weighted by molar-refractivity contribution is 0.252. The molecular formula is C18H23ClN2. The molecule has 0 aliphatic carbocycles. The molecule has 0 saturated heterocycles. The highest BCUT2D eigenvalue weighted by molar-refractivity contribution is 6.31. The van der Waals surface area contributed by atoms with Crippen LogP contribution in [-0.2, 0) is 13.0 Å². The molecule has 2 aromatic carbocycles. The van der Waals surface area contributed by atoms with Gasteiger partial charge in [-0.25, -0.2) is 0 Å². The van der Waals surface area contributed by atoms with Crippen molar-refractivity contribution in [2.24, 2.45) is 5.73 Å². The SMILES string of the molecule is CC(c1ccccc1Cl)N(C)Cc1ccccc1CCN. The van der Waals surface area contributed by atoms with Gasteiger partial charge in [0.15, 0.2) is 0 Å². The van der Waals surface area contributed by atoms with Crippen molar-refractivity contribution >= 4 is 11.6 Å². The van der Waals surface area contributed by atoms with E-state index in [1.165, 1.54) is 11.1 Å². The maximum atomic E-state index is 6.30. The smallest absolute Gasteiger partial charge is 0.0453 e. The van der Waals surface area contributed by atoms with Crippen LogP contribution in [0.3, 0.4) is 0 Å². The van der Waals surface area contributed by atoms with Gasteiger partial charge in [0.05, 0.1) is 0 Å². The Balaban J connectivity index is 2.14. The van der Waals surface area contributed by atoms with Crippen molar-refractivity contribution in [2.45, 2.75) is 25.9 Å². The zero-order valence-electron chi connectivity index (χ0n) is 12.7. The van der Waals surface area contributed by atoms with Gasteiger partial charge in [0, 0.05) is 17.6 Å². The number of benzene rings is 2. The zero-order chi connectivity index (χ0) is 15.2. The molecule has 2 rings (SSSR count). The second-order valence-corrected chi connectivity index (χ2v) is 5.83. The zero-order valence-corrected chi connectivity index (χ0v) is 13.5. The molecule has 0 saturated carbocycles. The monoisotopic (exact) mass is 302 g/mol. The number of hydrogen-bond acceptors (Lipinski definition) is 2. The van der Waals surface area contributed by atoms with Gasteiger partial charge in [0.25, 0.3) is 0 Å². The molecule has 0 radical (unpaired) electrons. The van der Waals surface area contributed by atoms with Crippen LogP contribution in [0.4, 0.5) is 0 Å². The molecule has 0 bridgehead atoms. The van der Waals surface area contributed by atoms with Crippen LogP contribution in [-0.4, -0.2) is 18.5 Å². The lowest BCUT2D eigenvalue weighted by atomic mass is 10.0. The number of halogens is 1. The van der Waals surface area contributed by atoms with E-state index >= 15 is 0 Å². The summed E-state index contributed by atoms with van der Waals surface area (Å²) in [6.45, 7) is 3.76. The fraction of sp³-hybridized carbons (Fsp3) is 0.333. The molecule has 0 aromatic heterocycles. The second kappa shape index (κ2) is 7.60. The van der Waals surface area contributed by atoms with Gasteiger partial charge >= 0.3 is 0 Å². The first-order valence-corrected chi connectivity index (χ1v) is 7.72. The molecule has 2 N–H and O–H groups in total. The van der Waals surface area contributed by atoms with E-state index in [0.29, 0.717) is 6.54 Å². The third kappa shape index (κ3) is 4.07. The second-order valence-electron chi connectivity index (χ2n) is 5.42. The van der Waals surface area contributed by atoms with Crippen molar-refractivity contribution in [3.8, 4) is 0 Å². The minimum atomic E-state index is 0.268. The van der Waals surface area contributed by atoms with Gasteiger partial charge in [-0.05, 0) is 49.7 Å². The molecule has 2 aromatic rings. The van der Waals surface area contributed by atoms with E-state index in [1.807, 2.05) is 18.2 Å². The fourth-order valence-electron chi connectivity index (χ4n) is 2.57. The molecule has 2 nitrogen and oxygen atoms in total. The van der Waals surface area contributed by atoms with E-state index in [4.69, 9.17) is 17.3 Å². The fourth-order valence-corrected chi connectivity index (χ4v) is 2.86. The molecule has 0 spiro atoms. The highest BCUT2D eigenvalue weighted by Gasteiger charge is 2.15. The van der Waals surface area contributed by atoms with Gasteiger partial charge in [-0.2, -0.15) is 0 Å². The summed E-state index contributed by atoms with van der Waals surface area (Å²) in [4.78, 5) is 2.32. The van der Waals surface area contributed by atoms with E-state index in [1.54, 1.807) is 0 Å². The lowest BCUT2D eigenvalue weighted by Crippen LogP contribution is -2.23. The number of hydrogen-bond donors (Lipinski definition) is 1. The summed E-state index contributed by atoms with van der Waals surface area (Å²) in [5.74, 6) is 0. The van der Waals surface area contributed by atoms with Crippen LogP contribution in [0, 0.1) is 0 Å². The molecule has 0 amide bonds. The largest absolute Gasteiger partial charge is 0.330 e. The Bertz CT molecular complexity index is 583. The first-order valence-electron chi connectivity index (χ1n) is 7.35. The van der Waals surface area contributed by atoms with Crippen LogP contribution in [0.15, 0.2) is 48.5 Å². The van der Waals surface area contributed by atoms with E-state index in [2.05, 4.69) is 49.2 Å².